The topological polar surface area (TPSA) is 75.9 Å². The maximum absolute atomic E-state index is 14.1. The Hall–Kier alpha value is -2.91. The van der Waals surface area contributed by atoms with Crippen LogP contribution in [0.25, 0.3) is 0 Å². The van der Waals surface area contributed by atoms with Gasteiger partial charge in [-0.2, -0.15) is 0 Å². The number of hydrogen-bond acceptors (Lipinski definition) is 4. The van der Waals surface area contributed by atoms with Crippen molar-refractivity contribution in [3.05, 3.63) is 70.5 Å². The van der Waals surface area contributed by atoms with Crippen molar-refractivity contribution in [2.24, 2.45) is 11.7 Å². The first-order valence-corrected chi connectivity index (χ1v) is 12.5. The van der Waals surface area contributed by atoms with E-state index < -0.39 is 23.5 Å². The molecule has 3 fully saturated rings. The van der Waals surface area contributed by atoms with Gasteiger partial charge >= 0.3 is 0 Å². The van der Waals surface area contributed by atoms with Crippen LogP contribution < -0.4 is 5.73 Å². The Morgan fingerprint density at radius 3 is 2.19 bits per heavy atom. The molecule has 3 aliphatic heterocycles. The lowest BCUT2D eigenvalue weighted by atomic mass is 9.82. The molecule has 2 amide bonds. The smallest absolute Gasteiger partial charge is 0.254 e. The van der Waals surface area contributed by atoms with Gasteiger partial charge in [0.15, 0.2) is 11.6 Å². The number of rotatable bonds is 5. The molecule has 0 saturated carbocycles. The molecule has 0 unspecified atom stereocenters. The first kappa shape index (κ1) is 24.8. The molecule has 0 aromatic heterocycles. The summed E-state index contributed by atoms with van der Waals surface area (Å²) in [6.07, 6.45) is 3.14. The summed E-state index contributed by atoms with van der Waals surface area (Å²) in [5, 5.41) is 0. The molecule has 2 N–H and O–H groups in total. The number of hydrogen-bond donors (Lipinski definition) is 1. The molecule has 0 radical (unpaired) electrons. The molecule has 3 saturated heterocycles. The number of fused-ring (bicyclic) bond motifs is 2. The number of carbonyl (C=O) groups excluding carboxylic acids is 2. The highest BCUT2D eigenvalue weighted by molar-refractivity contribution is 6.00. The van der Waals surface area contributed by atoms with Crippen LogP contribution in [0.1, 0.15) is 52.0 Å². The first-order chi connectivity index (χ1) is 17.3. The van der Waals surface area contributed by atoms with E-state index in [9.17, 15) is 22.8 Å². The minimum Gasteiger partial charge on any atom is -0.378 e. The zero-order chi connectivity index (χ0) is 25.4. The van der Waals surface area contributed by atoms with Gasteiger partial charge in [-0.05, 0) is 67.9 Å². The molecule has 6 nitrogen and oxygen atoms in total. The van der Waals surface area contributed by atoms with Crippen molar-refractivity contribution in [2.75, 3.05) is 26.3 Å². The summed E-state index contributed by atoms with van der Waals surface area (Å²) in [7, 11) is 0. The van der Waals surface area contributed by atoms with Gasteiger partial charge in [0.1, 0.15) is 5.82 Å². The largest absolute Gasteiger partial charge is 0.378 e. The molecule has 36 heavy (non-hydrogen) atoms. The number of halogens is 3. The molecule has 0 aliphatic carbocycles. The SMILES string of the molecule is N[C@H](Cc1cc(F)c(F)cc1F)[C@@H]1C[C@H]2CC[C@@H](C1)N2C(=O)c1cccc(C(=O)N2CCOCC2)c1. The van der Waals surface area contributed by atoms with E-state index in [4.69, 9.17) is 10.5 Å². The van der Waals surface area contributed by atoms with Crippen LogP contribution in [0.3, 0.4) is 0 Å². The van der Waals surface area contributed by atoms with Crippen molar-refractivity contribution >= 4 is 11.8 Å². The highest BCUT2D eigenvalue weighted by Crippen LogP contribution is 2.41. The molecule has 192 valence electrons. The van der Waals surface area contributed by atoms with Gasteiger partial charge in [-0.1, -0.05) is 6.07 Å². The van der Waals surface area contributed by atoms with Crippen LogP contribution in [0.5, 0.6) is 0 Å². The zero-order valence-electron chi connectivity index (χ0n) is 20.0. The number of benzene rings is 2. The fourth-order valence-electron chi connectivity index (χ4n) is 5.92. The monoisotopic (exact) mass is 501 g/mol. The number of nitrogens with two attached hydrogens (primary N) is 1. The van der Waals surface area contributed by atoms with Crippen LogP contribution in [-0.2, 0) is 11.2 Å². The molecule has 5 rings (SSSR count). The second kappa shape index (κ2) is 10.2. The van der Waals surface area contributed by atoms with Gasteiger partial charge < -0.3 is 20.3 Å². The fraction of sp³-hybridized carbons (Fsp3) is 0.481. The molecule has 2 aromatic rings. The number of amides is 2. The van der Waals surface area contributed by atoms with Crippen molar-refractivity contribution in [3.8, 4) is 0 Å². The highest BCUT2D eigenvalue weighted by Gasteiger charge is 2.44. The molecule has 3 heterocycles. The summed E-state index contributed by atoms with van der Waals surface area (Å²) in [5.74, 6) is -3.28. The van der Waals surface area contributed by atoms with Crippen LogP contribution in [-0.4, -0.2) is 66.0 Å². The van der Waals surface area contributed by atoms with E-state index in [0.29, 0.717) is 56.3 Å². The third kappa shape index (κ3) is 4.86. The average molecular weight is 502 g/mol. The standard InChI is InChI=1S/C27H30F3N3O3/c28-22-15-24(30)23(29)13-18(22)14-25(31)19-11-20-4-5-21(12-19)33(20)27(35)17-3-1-2-16(10-17)26(34)32-6-8-36-9-7-32/h1-3,10,13,15,19-21,25H,4-9,11-12,14,31H2/t19-,20-,21+,25-/m1/s1. The van der Waals surface area contributed by atoms with Crippen molar-refractivity contribution in [1.29, 1.82) is 0 Å². The minimum absolute atomic E-state index is 0.000650. The van der Waals surface area contributed by atoms with Gasteiger partial charge in [-0.25, -0.2) is 13.2 Å². The number of morpholine rings is 1. The third-order valence-electron chi connectivity index (χ3n) is 7.81. The van der Waals surface area contributed by atoms with Crippen LogP contribution in [0.4, 0.5) is 13.2 Å². The molecule has 0 spiro atoms. The number of piperidine rings is 1. The molecular weight excluding hydrogens is 471 g/mol. The van der Waals surface area contributed by atoms with Gasteiger partial charge in [0, 0.05) is 48.4 Å². The Balaban J connectivity index is 1.26. The van der Waals surface area contributed by atoms with E-state index in [2.05, 4.69) is 0 Å². The summed E-state index contributed by atoms with van der Waals surface area (Å²) < 4.78 is 46.3. The second-order valence-electron chi connectivity index (χ2n) is 10.0. The highest BCUT2D eigenvalue weighted by atomic mass is 19.2. The Labute approximate surface area is 208 Å². The van der Waals surface area contributed by atoms with Gasteiger partial charge in [0.2, 0.25) is 0 Å². The molecular formula is C27H30F3N3O3. The van der Waals surface area contributed by atoms with E-state index in [-0.39, 0.29) is 41.8 Å². The normalized spacial score (nSPS) is 24.6. The number of ether oxygens (including phenoxy) is 1. The van der Waals surface area contributed by atoms with Crippen LogP contribution in [0.15, 0.2) is 36.4 Å². The molecule has 2 bridgehead atoms. The predicted octanol–water partition coefficient (Wildman–Crippen LogP) is 3.53. The Kier molecular flexibility index (Phi) is 7.03. The fourth-order valence-corrected chi connectivity index (χ4v) is 5.92. The minimum atomic E-state index is -1.22. The van der Waals surface area contributed by atoms with Crippen molar-refractivity contribution < 1.29 is 27.5 Å². The maximum atomic E-state index is 14.1. The summed E-state index contributed by atoms with van der Waals surface area (Å²) in [4.78, 5) is 30.1. The van der Waals surface area contributed by atoms with E-state index in [0.717, 1.165) is 18.9 Å². The van der Waals surface area contributed by atoms with E-state index in [1.807, 2.05) is 4.90 Å². The summed E-state index contributed by atoms with van der Waals surface area (Å²) >= 11 is 0. The van der Waals surface area contributed by atoms with E-state index in [1.54, 1.807) is 29.2 Å². The second-order valence-corrected chi connectivity index (χ2v) is 10.0. The zero-order valence-corrected chi connectivity index (χ0v) is 20.0. The van der Waals surface area contributed by atoms with E-state index >= 15 is 0 Å². The van der Waals surface area contributed by atoms with Crippen LogP contribution in [0.2, 0.25) is 0 Å². The summed E-state index contributed by atoms with van der Waals surface area (Å²) in [6, 6.07) is 7.88. The lowest BCUT2D eigenvalue weighted by Gasteiger charge is -2.41. The Morgan fingerprint density at radius 1 is 0.917 bits per heavy atom. The number of nitrogens with zero attached hydrogens (tertiary/aromatic N) is 2. The third-order valence-corrected chi connectivity index (χ3v) is 7.81. The predicted molar refractivity (Wildman–Crippen MR) is 127 cm³/mol. The molecule has 4 atom stereocenters. The molecule has 2 aromatic carbocycles. The summed E-state index contributed by atoms with van der Waals surface area (Å²) in [6.45, 7) is 2.08. The average Bonchev–Trinajstić information content (AvgIpc) is 3.15. The van der Waals surface area contributed by atoms with Crippen molar-refractivity contribution in [2.45, 2.75) is 50.2 Å². The van der Waals surface area contributed by atoms with Gasteiger partial charge in [-0.3, -0.25) is 9.59 Å². The van der Waals surface area contributed by atoms with E-state index in [1.165, 1.54) is 0 Å². The quantitative estimate of drug-likeness (QED) is 0.636. The lowest BCUT2D eigenvalue weighted by molar-refractivity contribution is 0.0303. The maximum Gasteiger partial charge on any atom is 0.254 e. The van der Waals surface area contributed by atoms with Gasteiger partial charge in [-0.15, -0.1) is 0 Å². The lowest BCUT2D eigenvalue weighted by Crippen LogP contribution is -2.50. The van der Waals surface area contributed by atoms with Crippen LogP contribution >= 0.6 is 0 Å². The number of carbonyl (C=O) groups is 2. The Bertz CT molecular complexity index is 1140. The van der Waals surface area contributed by atoms with Crippen LogP contribution in [0, 0.1) is 23.4 Å². The molecule has 3 aliphatic rings. The first-order valence-electron chi connectivity index (χ1n) is 12.5. The van der Waals surface area contributed by atoms with Gasteiger partial charge in [0.25, 0.3) is 11.8 Å². The summed E-state index contributed by atoms with van der Waals surface area (Å²) in [5.41, 5.74) is 7.44. The Morgan fingerprint density at radius 2 is 1.53 bits per heavy atom. The van der Waals surface area contributed by atoms with Gasteiger partial charge in [0.05, 0.1) is 13.2 Å². The molecule has 9 heteroatoms. The van der Waals surface area contributed by atoms with Crippen molar-refractivity contribution in [3.63, 3.8) is 0 Å². The van der Waals surface area contributed by atoms with Crippen molar-refractivity contribution in [1.82, 2.24) is 9.80 Å².